The quantitative estimate of drug-likeness (QED) is 0.473. The van der Waals surface area contributed by atoms with E-state index in [-0.39, 0.29) is 0 Å². The summed E-state index contributed by atoms with van der Waals surface area (Å²) in [6, 6.07) is 12.0. The molecule has 0 unspecified atom stereocenters. The lowest BCUT2D eigenvalue weighted by atomic mass is 10.4. The van der Waals surface area contributed by atoms with Gasteiger partial charge in [-0.2, -0.15) is 0 Å². The molecule has 1 aromatic carbocycles. The number of hydrogen-bond donors (Lipinski definition) is 1. The fourth-order valence-corrected chi connectivity index (χ4v) is 1.01. The summed E-state index contributed by atoms with van der Waals surface area (Å²) in [5.74, 6) is 0. The van der Waals surface area contributed by atoms with Crippen LogP contribution in [0.5, 0.6) is 0 Å². The van der Waals surface area contributed by atoms with Crippen molar-refractivity contribution < 1.29 is 4.18 Å². The molecule has 1 N–H and O–H groups in total. The summed E-state index contributed by atoms with van der Waals surface area (Å²) >= 11 is 1.32. The molecule has 1 aromatic rings. The van der Waals surface area contributed by atoms with E-state index < -0.39 is 0 Å². The standard InChI is InChI=1S/C6H6.C2H5NOS/c1-2-4-6-5-3-1;1-2-4-5-3-1/h1-6H;3H,1-2H2. The second kappa shape index (κ2) is 6.22. The van der Waals surface area contributed by atoms with Gasteiger partial charge in [0, 0.05) is 6.54 Å². The van der Waals surface area contributed by atoms with Crippen molar-refractivity contribution in [2.24, 2.45) is 0 Å². The third-order valence-electron chi connectivity index (χ3n) is 1.07. The molecule has 1 fully saturated rings. The molecule has 2 rings (SSSR count). The summed E-state index contributed by atoms with van der Waals surface area (Å²) in [5.41, 5.74) is 0. The van der Waals surface area contributed by atoms with Gasteiger partial charge in [-0.25, -0.2) is 4.72 Å². The molecule has 0 bridgehead atoms. The van der Waals surface area contributed by atoms with E-state index in [4.69, 9.17) is 4.18 Å². The van der Waals surface area contributed by atoms with E-state index in [1.165, 1.54) is 12.2 Å². The molecule has 0 spiro atoms. The van der Waals surface area contributed by atoms with Crippen LogP contribution in [0.1, 0.15) is 0 Å². The molecule has 0 aliphatic carbocycles. The van der Waals surface area contributed by atoms with Crippen LogP contribution in [0.15, 0.2) is 36.4 Å². The topological polar surface area (TPSA) is 21.3 Å². The van der Waals surface area contributed by atoms with Gasteiger partial charge in [-0.15, -0.1) is 0 Å². The minimum Gasteiger partial charge on any atom is -0.300 e. The highest BCUT2D eigenvalue weighted by Gasteiger charge is 1.94. The monoisotopic (exact) mass is 169 g/mol. The van der Waals surface area contributed by atoms with Gasteiger partial charge in [0.1, 0.15) is 0 Å². The first kappa shape index (κ1) is 8.59. The zero-order chi connectivity index (χ0) is 7.78. The fourth-order valence-electron chi connectivity index (χ4n) is 0.593. The van der Waals surface area contributed by atoms with E-state index in [1.54, 1.807) is 0 Å². The minimum absolute atomic E-state index is 0.852. The Morgan fingerprint density at radius 3 is 1.73 bits per heavy atom. The van der Waals surface area contributed by atoms with Crippen molar-refractivity contribution in [1.29, 1.82) is 0 Å². The summed E-state index contributed by atoms with van der Waals surface area (Å²) in [5, 5.41) is 0. The Hall–Kier alpha value is -0.510. The fraction of sp³-hybridized carbons (Fsp3) is 0.250. The highest BCUT2D eigenvalue weighted by molar-refractivity contribution is 7.92. The Balaban J connectivity index is 0.000000112. The Kier molecular flexibility index (Phi) is 4.85. The first-order valence-corrected chi connectivity index (χ1v) is 4.25. The first-order valence-electron chi connectivity index (χ1n) is 3.51. The predicted molar refractivity (Wildman–Crippen MR) is 48.0 cm³/mol. The van der Waals surface area contributed by atoms with Crippen molar-refractivity contribution in [1.82, 2.24) is 4.72 Å². The molecule has 3 heteroatoms. The molecule has 1 saturated heterocycles. The van der Waals surface area contributed by atoms with E-state index in [0.29, 0.717) is 0 Å². The van der Waals surface area contributed by atoms with Crippen LogP contribution in [0.25, 0.3) is 0 Å². The molecule has 0 saturated carbocycles. The van der Waals surface area contributed by atoms with Crippen LogP contribution in [0.2, 0.25) is 0 Å². The van der Waals surface area contributed by atoms with Crippen LogP contribution in [-0.4, -0.2) is 13.2 Å². The molecule has 1 aliphatic heterocycles. The van der Waals surface area contributed by atoms with Crippen molar-refractivity contribution in [3.05, 3.63) is 36.4 Å². The summed E-state index contributed by atoms with van der Waals surface area (Å²) < 4.78 is 7.67. The zero-order valence-electron chi connectivity index (χ0n) is 6.19. The van der Waals surface area contributed by atoms with Crippen molar-refractivity contribution in [2.45, 2.75) is 0 Å². The summed E-state index contributed by atoms with van der Waals surface area (Å²) in [4.78, 5) is 0. The van der Waals surface area contributed by atoms with Gasteiger partial charge in [0.25, 0.3) is 0 Å². The van der Waals surface area contributed by atoms with Crippen LogP contribution in [0, 0.1) is 0 Å². The highest BCUT2D eigenvalue weighted by Crippen LogP contribution is 1.99. The van der Waals surface area contributed by atoms with Gasteiger partial charge in [0.15, 0.2) is 0 Å². The molecule has 1 aliphatic rings. The van der Waals surface area contributed by atoms with Crippen LogP contribution in [0.4, 0.5) is 0 Å². The summed E-state index contributed by atoms with van der Waals surface area (Å²) in [6.07, 6.45) is 0. The van der Waals surface area contributed by atoms with Gasteiger partial charge in [-0.3, -0.25) is 4.18 Å². The van der Waals surface area contributed by atoms with Crippen molar-refractivity contribution in [3.63, 3.8) is 0 Å². The van der Waals surface area contributed by atoms with E-state index >= 15 is 0 Å². The predicted octanol–water partition coefficient (Wildman–Crippen LogP) is 1.86. The Morgan fingerprint density at radius 2 is 1.55 bits per heavy atom. The lowest BCUT2D eigenvalue weighted by molar-refractivity contribution is 0.416. The zero-order valence-corrected chi connectivity index (χ0v) is 7.01. The lowest BCUT2D eigenvalue weighted by Crippen LogP contribution is -1.95. The maximum atomic E-state index is 4.75. The number of benzene rings is 1. The molecule has 0 aromatic heterocycles. The van der Waals surface area contributed by atoms with Crippen molar-refractivity contribution in [2.75, 3.05) is 13.2 Å². The van der Waals surface area contributed by atoms with Gasteiger partial charge in [0.2, 0.25) is 0 Å². The number of nitrogens with one attached hydrogen (secondary N) is 1. The summed E-state index contributed by atoms with van der Waals surface area (Å²) in [7, 11) is 0. The van der Waals surface area contributed by atoms with Crippen molar-refractivity contribution >= 4 is 12.2 Å². The van der Waals surface area contributed by atoms with Gasteiger partial charge in [-0.1, -0.05) is 36.4 Å². The van der Waals surface area contributed by atoms with Crippen LogP contribution in [-0.2, 0) is 4.18 Å². The second-order valence-corrected chi connectivity index (χ2v) is 2.65. The maximum absolute atomic E-state index is 4.75. The Bertz CT molecular complexity index is 131. The SMILES string of the molecule is C1COSN1.c1ccccc1. The highest BCUT2D eigenvalue weighted by atomic mass is 32.2. The first-order chi connectivity index (χ1) is 5.50. The Morgan fingerprint density at radius 1 is 1.00 bits per heavy atom. The molecular formula is C8H11NOS. The van der Waals surface area contributed by atoms with Crippen molar-refractivity contribution in [3.8, 4) is 0 Å². The lowest BCUT2D eigenvalue weighted by Gasteiger charge is -1.73. The maximum Gasteiger partial charge on any atom is 0.0790 e. The van der Waals surface area contributed by atoms with E-state index in [1.807, 2.05) is 36.4 Å². The molecule has 60 valence electrons. The molecular weight excluding hydrogens is 158 g/mol. The van der Waals surface area contributed by atoms with E-state index in [9.17, 15) is 0 Å². The second-order valence-electron chi connectivity index (χ2n) is 1.95. The normalized spacial score (nSPS) is 15.3. The van der Waals surface area contributed by atoms with E-state index in [2.05, 4.69) is 4.72 Å². The third kappa shape index (κ3) is 4.84. The number of rotatable bonds is 0. The molecule has 11 heavy (non-hydrogen) atoms. The molecule has 0 amide bonds. The largest absolute Gasteiger partial charge is 0.300 e. The van der Waals surface area contributed by atoms with Gasteiger partial charge in [0.05, 0.1) is 18.8 Å². The van der Waals surface area contributed by atoms with Crippen LogP contribution < -0.4 is 4.72 Å². The smallest absolute Gasteiger partial charge is 0.0790 e. The van der Waals surface area contributed by atoms with Gasteiger partial charge < -0.3 is 0 Å². The molecule has 0 radical (unpaired) electrons. The van der Waals surface area contributed by atoms with Crippen LogP contribution >= 0.6 is 12.2 Å². The average molecular weight is 169 g/mol. The van der Waals surface area contributed by atoms with Gasteiger partial charge in [-0.05, 0) is 0 Å². The van der Waals surface area contributed by atoms with Gasteiger partial charge >= 0.3 is 0 Å². The average Bonchev–Trinajstić information content (AvgIpc) is 2.64. The Labute approximate surface area is 71.3 Å². The number of hydrogen-bond acceptors (Lipinski definition) is 3. The summed E-state index contributed by atoms with van der Waals surface area (Å²) in [6.45, 7) is 1.84. The van der Waals surface area contributed by atoms with Crippen LogP contribution in [0.3, 0.4) is 0 Å². The molecule has 1 heterocycles. The molecule has 0 atom stereocenters. The minimum atomic E-state index is 0.852. The third-order valence-corrected chi connectivity index (χ3v) is 1.68. The van der Waals surface area contributed by atoms with E-state index in [0.717, 1.165) is 13.2 Å². The molecule has 2 nitrogen and oxygen atoms in total.